The highest BCUT2D eigenvalue weighted by molar-refractivity contribution is 5.77. The number of piperidine rings is 1. The van der Waals surface area contributed by atoms with Crippen LogP contribution in [0.2, 0.25) is 0 Å². The van der Waals surface area contributed by atoms with Gasteiger partial charge in [-0.25, -0.2) is 0 Å². The fraction of sp³-hybridized carbons (Fsp3) is 0.909. The van der Waals surface area contributed by atoms with Gasteiger partial charge in [0.2, 0.25) is 5.91 Å². The zero-order chi connectivity index (χ0) is 11.6. The van der Waals surface area contributed by atoms with Crippen molar-refractivity contribution in [2.45, 2.75) is 45.3 Å². The van der Waals surface area contributed by atoms with Crippen LogP contribution in [0.1, 0.15) is 33.6 Å². The first-order valence-corrected chi connectivity index (χ1v) is 5.54. The Balaban J connectivity index is 2.48. The van der Waals surface area contributed by atoms with Crippen molar-refractivity contribution in [2.75, 3.05) is 13.1 Å². The Morgan fingerprint density at radius 3 is 2.67 bits per heavy atom. The Hall–Kier alpha value is -0.610. The maximum absolute atomic E-state index is 11.8. The van der Waals surface area contributed by atoms with Crippen molar-refractivity contribution in [3.05, 3.63) is 0 Å². The van der Waals surface area contributed by atoms with Crippen molar-refractivity contribution < 1.29 is 9.90 Å². The van der Waals surface area contributed by atoms with Gasteiger partial charge in [0, 0.05) is 25.0 Å². The SMILES string of the molecule is CC1CN(C(=O)CC(C)(C)N)CCC1O. The van der Waals surface area contributed by atoms with E-state index < -0.39 is 5.54 Å². The van der Waals surface area contributed by atoms with Gasteiger partial charge in [0.1, 0.15) is 0 Å². The van der Waals surface area contributed by atoms with Gasteiger partial charge in [-0.1, -0.05) is 6.92 Å². The number of carbonyl (C=O) groups is 1. The first kappa shape index (κ1) is 12.5. The first-order chi connectivity index (χ1) is 6.79. The second-order valence-corrected chi connectivity index (χ2v) is 5.34. The zero-order valence-corrected chi connectivity index (χ0v) is 9.86. The Labute approximate surface area is 91.4 Å². The highest BCUT2D eigenvalue weighted by atomic mass is 16.3. The molecule has 1 aliphatic rings. The van der Waals surface area contributed by atoms with Crippen LogP contribution < -0.4 is 5.73 Å². The lowest BCUT2D eigenvalue weighted by Gasteiger charge is -2.35. The van der Waals surface area contributed by atoms with Gasteiger partial charge in [0.15, 0.2) is 0 Å². The molecule has 0 aromatic rings. The van der Waals surface area contributed by atoms with Crippen LogP contribution in [0.4, 0.5) is 0 Å². The van der Waals surface area contributed by atoms with Crippen LogP contribution in [0, 0.1) is 5.92 Å². The molecule has 4 heteroatoms. The third kappa shape index (κ3) is 3.80. The maximum atomic E-state index is 11.8. The standard InChI is InChI=1S/C11H22N2O2/c1-8-7-13(5-4-9(8)14)10(15)6-11(2,3)12/h8-9,14H,4-7,12H2,1-3H3. The molecule has 0 aliphatic carbocycles. The summed E-state index contributed by atoms with van der Waals surface area (Å²) < 4.78 is 0. The van der Waals surface area contributed by atoms with Gasteiger partial charge in [-0.15, -0.1) is 0 Å². The predicted octanol–water partition coefficient (Wildman–Crippen LogP) is 0.343. The van der Waals surface area contributed by atoms with Crippen LogP contribution in [-0.2, 0) is 4.79 Å². The highest BCUT2D eigenvalue weighted by Gasteiger charge is 2.29. The third-order valence-electron chi connectivity index (χ3n) is 2.82. The minimum absolute atomic E-state index is 0.0984. The zero-order valence-electron chi connectivity index (χ0n) is 9.86. The van der Waals surface area contributed by atoms with Crippen LogP contribution in [0.15, 0.2) is 0 Å². The summed E-state index contributed by atoms with van der Waals surface area (Å²) in [4.78, 5) is 13.6. The van der Waals surface area contributed by atoms with Crippen molar-refractivity contribution in [2.24, 2.45) is 11.7 Å². The number of carbonyl (C=O) groups excluding carboxylic acids is 1. The summed E-state index contributed by atoms with van der Waals surface area (Å²) in [6, 6.07) is 0. The number of nitrogens with two attached hydrogens (primary N) is 1. The fourth-order valence-corrected chi connectivity index (χ4v) is 1.86. The van der Waals surface area contributed by atoms with E-state index in [9.17, 15) is 9.90 Å². The lowest BCUT2D eigenvalue weighted by molar-refractivity contribution is -0.135. The molecule has 4 nitrogen and oxygen atoms in total. The summed E-state index contributed by atoms with van der Waals surface area (Å²) in [6.45, 7) is 6.98. The average molecular weight is 214 g/mol. The minimum Gasteiger partial charge on any atom is -0.393 e. The third-order valence-corrected chi connectivity index (χ3v) is 2.82. The van der Waals surface area contributed by atoms with Crippen LogP contribution in [-0.4, -0.2) is 40.6 Å². The van der Waals surface area contributed by atoms with Gasteiger partial charge in [-0.2, -0.15) is 0 Å². The number of aliphatic hydroxyl groups excluding tert-OH is 1. The molecule has 2 atom stereocenters. The van der Waals surface area contributed by atoms with Crippen molar-refractivity contribution >= 4 is 5.91 Å². The minimum atomic E-state index is -0.448. The van der Waals surface area contributed by atoms with E-state index in [1.807, 2.05) is 25.7 Å². The molecule has 15 heavy (non-hydrogen) atoms. The van der Waals surface area contributed by atoms with E-state index in [-0.39, 0.29) is 17.9 Å². The van der Waals surface area contributed by atoms with Crippen LogP contribution in [0.5, 0.6) is 0 Å². The normalized spacial score (nSPS) is 27.9. The number of rotatable bonds is 2. The van der Waals surface area contributed by atoms with E-state index in [4.69, 9.17) is 5.73 Å². The van der Waals surface area contributed by atoms with Gasteiger partial charge in [0.05, 0.1) is 6.10 Å². The van der Waals surface area contributed by atoms with Crippen LogP contribution in [0.3, 0.4) is 0 Å². The van der Waals surface area contributed by atoms with E-state index in [1.54, 1.807) is 0 Å². The van der Waals surface area contributed by atoms with Gasteiger partial charge < -0.3 is 15.7 Å². The van der Waals surface area contributed by atoms with E-state index in [0.717, 1.165) is 0 Å². The molecule has 1 amide bonds. The molecular weight excluding hydrogens is 192 g/mol. The summed E-state index contributed by atoms with van der Waals surface area (Å²) in [7, 11) is 0. The lowest BCUT2D eigenvalue weighted by Crippen LogP contribution is -2.48. The Morgan fingerprint density at radius 2 is 2.20 bits per heavy atom. The molecule has 1 rings (SSSR count). The van der Waals surface area contributed by atoms with E-state index in [2.05, 4.69) is 0 Å². The van der Waals surface area contributed by atoms with Gasteiger partial charge in [-0.3, -0.25) is 4.79 Å². The van der Waals surface area contributed by atoms with Crippen molar-refractivity contribution in [3.63, 3.8) is 0 Å². The van der Waals surface area contributed by atoms with Crippen molar-refractivity contribution in [1.82, 2.24) is 4.90 Å². The molecule has 2 unspecified atom stereocenters. The van der Waals surface area contributed by atoms with Crippen LogP contribution >= 0.6 is 0 Å². The predicted molar refractivity (Wildman–Crippen MR) is 59.3 cm³/mol. The summed E-state index contributed by atoms with van der Waals surface area (Å²) in [5, 5.41) is 9.55. The smallest absolute Gasteiger partial charge is 0.224 e. The molecule has 0 aromatic heterocycles. The Bertz CT molecular complexity index is 235. The second-order valence-electron chi connectivity index (χ2n) is 5.34. The summed E-state index contributed by atoms with van der Waals surface area (Å²) in [5.41, 5.74) is 5.36. The molecule has 88 valence electrons. The van der Waals surface area contributed by atoms with Crippen molar-refractivity contribution in [1.29, 1.82) is 0 Å². The molecular formula is C11H22N2O2. The van der Waals surface area contributed by atoms with Gasteiger partial charge >= 0.3 is 0 Å². The fourth-order valence-electron chi connectivity index (χ4n) is 1.86. The molecule has 1 fully saturated rings. The molecule has 0 spiro atoms. The second kappa shape index (κ2) is 4.49. The van der Waals surface area contributed by atoms with E-state index in [0.29, 0.717) is 25.9 Å². The molecule has 0 aromatic carbocycles. The quantitative estimate of drug-likeness (QED) is 0.696. The molecule has 0 bridgehead atoms. The number of hydrogen-bond donors (Lipinski definition) is 2. The molecule has 1 heterocycles. The number of nitrogens with zero attached hydrogens (tertiary/aromatic N) is 1. The van der Waals surface area contributed by atoms with E-state index >= 15 is 0 Å². The highest BCUT2D eigenvalue weighted by Crippen LogP contribution is 2.18. The number of amides is 1. The van der Waals surface area contributed by atoms with Gasteiger partial charge in [-0.05, 0) is 26.2 Å². The van der Waals surface area contributed by atoms with Crippen molar-refractivity contribution in [3.8, 4) is 0 Å². The molecule has 3 N–H and O–H groups in total. The molecule has 1 aliphatic heterocycles. The Kier molecular flexibility index (Phi) is 3.73. The first-order valence-electron chi connectivity index (χ1n) is 5.54. The Morgan fingerprint density at radius 1 is 1.60 bits per heavy atom. The monoisotopic (exact) mass is 214 g/mol. The number of likely N-dealkylation sites (tertiary alicyclic amines) is 1. The number of hydrogen-bond acceptors (Lipinski definition) is 3. The topological polar surface area (TPSA) is 66.6 Å². The van der Waals surface area contributed by atoms with E-state index in [1.165, 1.54) is 0 Å². The molecule has 0 radical (unpaired) electrons. The lowest BCUT2D eigenvalue weighted by atomic mass is 9.95. The van der Waals surface area contributed by atoms with Gasteiger partial charge in [0.25, 0.3) is 0 Å². The van der Waals surface area contributed by atoms with Crippen LogP contribution in [0.25, 0.3) is 0 Å². The summed E-state index contributed by atoms with van der Waals surface area (Å²) in [6.07, 6.45) is 0.785. The summed E-state index contributed by atoms with van der Waals surface area (Å²) in [5.74, 6) is 0.268. The number of aliphatic hydroxyl groups is 1. The maximum Gasteiger partial charge on any atom is 0.224 e. The molecule has 0 saturated carbocycles. The molecule has 1 saturated heterocycles. The average Bonchev–Trinajstić information content (AvgIpc) is 2.06. The largest absolute Gasteiger partial charge is 0.393 e. The summed E-state index contributed by atoms with van der Waals surface area (Å²) >= 11 is 0.